The van der Waals surface area contributed by atoms with Gasteiger partial charge in [0, 0.05) is 23.2 Å². The van der Waals surface area contributed by atoms with Gasteiger partial charge in [-0.25, -0.2) is 4.79 Å². The standard InChI is InChI=1S/C24H22N2O6/c1-2-20-19-13-17(10-11-18(19)24(29)32-26-20)25-23(28)22(27)16-8-6-15(7-9-16)14-31-21-5-3-4-12-30-21/h2,6-11,13,21H,1,3-5,12,14H2,(H,25,28). The van der Waals surface area contributed by atoms with Crippen LogP contribution in [-0.2, 0) is 20.9 Å². The summed E-state index contributed by atoms with van der Waals surface area (Å²) in [7, 11) is 0. The number of benzene rings is 2. The Kier molecular flexibility index (Phi) is 6.53. The fourth-order valence-electron chi connectivity index (χ4n) is 3.45. The second kappa shape index (κ2) is 9.67. The molecule has 2 heterocycles. The first-order chi connectivity index (χ1) is 15.5. The quantitative estimate of drug-likeness (QED) is 0.446. The normalized spacial score (nSPS) is 15.9. The van der Waals surface area contributed by atoms with Crippen molar-refractivity contribution in [3.63, 3.8) is 0 Å². The van der Waals surface area contributed by atoms with E-state index in [0.29, 0.717) is 35.4 Å². The number of carbonyl (C=O) groups excluding carboxylic acids is 2. The molecule has 0 bridgehead atoms. The van der Waals surface area contributed by atoms with Crippen LogP contribution in [0.3, 0.4) is 0 Å². The summed E-state index contributed by atoms with van der Waals surface area (Å²) in [5, 5.41) is 7.01. The lowest BCUT2D eigenvalue weighted by atomic mass is 10.1. The highest BCUT2D eigenvalue weighted by molar-refractivity contribution is 6.46. The predicted octanol–water partition coefficient (Wildman–Crippen LogP) is 3.70. The molecule has 2 aromatic carbocycles. The van der Waals surface area contributed by atoms with Crippen molar-refractivity contribution in [1.82, 2.24) is 5.16 Å². The highest BCUT2D eigenvalue weighted by Crippen LogP contribution is 2.20. The van der Waals surface area contributed by atoms with Crippen molar-refractivity contribution in [2.75, 3.05) is 11.9 Å². The topological polar surface area (TPSA) is 108 Å². The average molecular weight is 434 g/mol. The summed E-state index contributed by atoms with van der Waals surface area (Å²) >= 11 is 0. The number of ether oxygens (including phenoxy) is 2. The molecule has 0 saturated carbocycles. The Balaban J connectivity index is 1.41. The minimum absolute atomic E-state index is 0.194. The van der Waals surface area contributed by atoms with Crippen molar-refractivity contribution in [3.05, 3.63) is 76.3 Å². The number of Topliss-reactive ketones (excluding diaryl/α,β-unsaturated/α-hetero) is 1. The highest BCUT2D eigenvalue weighted by Gasteiger charge is 2.18. The van der Waals surface area contributed by atoms with Crippen LogP contribution in [0.1, 0.15) is 40.9 Å². The number of anilines is 1. The molecule has 1 atom stereocenters. The Hall–Kier alpha value is -3.62. The third kappa shape index (κ3) is 4.82. The number of aromatic nitrogens is 1. The minimum Gasteiger partial charge on any atom is -0.353 e. The van der Waals surface area contributed by atoms with Crippen molar-refractivity contribution in [2.24, 2.45) is 0 Å². The Labute approximate surface area is 183 Å². The molecule has 1 saturated heterocycles. The van der Waals surface area contributed by atoms with E-state index in [1.165, 1.54) is 18.2 Å². The summed E-state index contributed by atoms with van der Waals surface area (Å²) in [6.07, 6.45) is 4.26. The molecule has 1 N–H and O–H groups in total. The summed E-state index contributed by atoms with van der Waals surface area (Å²) in [5.74, 6) is -1.47. The van der Waals surface area contributed by atoms with Gasteiger partial charge in [0.05, 0.1) is 12.0 Å². The molecule has 4 rings (SSSR count). The lowest BCUT2D eigenvalue weighted by Crippen LogP contribution is -2.23. The Morgan fingerprint density at radius 3 is 2.69 bits per heavy atom. The van der Waals surface area contributed by atoms with Crippen LogP contribution < -0.4 is 10.9 Å². The molecule has 1 aromatic heterocycles. The van der Waals surface area contributed by atoms with E-state index in [4.69, 9.17) is 14.0 Å². The zero-order valence-electron chi connectivity index (χ0n) is 17.3. The van der Waals surface area contributed by atoms with Crippen molar-refractivity contribution < 1.29 is 23.6 Å². The van der Waals surface area contributed by atoms with Crippen LogP contribution in [0.15, 0.2) is 58.4 Å². The lowest BCUT2D eigenvalue weighted by Gasteiger charge is -2.22. The van der Waals surface area contributed by atoms with Gasteiger partial charge in [0.2, 0.25) is 0 Å². The van der Waals surface area contributed by atoms with Crippen molar-refractivity contribution in [1.29, 1.82) is 0 Å². The maximum absolute atomic E-state index is 12.5. The number of ketones is 1. The SMILES string of the molecule is C=Cc1noc(=O)c2ccc(NC(=O)C(=O)c3ccc(COC4CCCCO4)cc3)cc12. The molecule has 3 aromatic rings. The fraction of sp³-hybridized carbons (Fsp3) is 0.250. The number of amides is 1. The zero-order chi connectivity index (χ0) is 22.5. The first kappa shape index (κ1) is 21.6. The van der Waals surface area contributed by atoms with Gasteiger partial charge in [-0.3, -0.25) is 9.59 Å². The van der Waals surface area contributed by atoms with E-state index < -0.39 is 17.3 Å². The van der Waals surface area contributed by atoms with Crippen LogP contribution in [0, 0.1) is 0 Å². The summed E-state index contributed by atoms with van der Waals surface area (Å²) < 4.78 is 16.0. The second-order valence-corrected chi connectivity index (χ2v) is 7.41. The van der Waals surface area contributed by atoms with Crippen molar-refractivity contribution in [2.45, 2.75) is 32.2 Å². The smallest absolute Gasteiger partial charge is 0.353 e. The number of nitrogens with one attached hydrogen (secondary N) is 1. The van der Waals surface area contributed by atoms with Gasteiger partial charge in [-0.15, -0.1) is 0 Å². The molecule has 1 aliphatic rings. The van der Waals surface area contributed by atoms with Crippen LogP contribution in [0.25, 0.3) is 16.8 Å². The molecular formula is C24H22N2O6. The minimum atomic E-state index is -0.792. The van der Waals surface area contributed by atoms with Gasteiger partial charge in [0.15, 0.2) is 6.29 Å². The van der Waals surface area contributed by atoms with Gasteiger partial charge in [-0.2, -0.15) is 0 Å². The van der Waals surface area contributed by atoms with E-state index in [2.05, 4.69) is 17.1 Å². The van der Waals surface area contributed by atoms with E-state index in [1.807, 2.05) is 0 Å². The summed E-state index contributed by atoms with van der Waals surface area (Å²) in [6, 6.07) is 11.3. The second-order valence-electron chi connectivity index (χ2n) is 7.41. The molecule has 8 heteroatoms. The number of rotatable bonds is 7. The third-order valence-electron chi connectivity index (χ3n) is 5.19. The number of fused-ring (bicyclic) bond motifs is 1. The Bertz CT molecular complexity index is 1210. The largest absolute Gasteiger partial charge is 0.366 e. The van der Waals surface area contributed by atoms with E-state index in [0.717, 1.165) is 24.8 Å². The molecule has 32 heavy (non-hydrogen) atoms. The zero-order valence-corrected chi connectivity index (χ0v) is 17.3. The molecule has 1 amide bonds. The van der Waals surface area contributed by atoms with Crippen molar-refractivity contribution >= 4 is 34.2 Å². The van der Waals surface area contributed by atoms with Gasteiger partial charge >= 0.3 is 5.63 Å². The van der Waals surface area contributed by atoms with Gasteiger partial charge in [-0.05, 0) is 49.1 Å². The van der Waals surface area contributed by atoms with Crippen LogP contribution in [0.2, 0.25) is 0 Å². The molecule has 0 spiro atoms. The van der Waals surface area contributed by atoms with Crippen LogP contribution in [-0.4, -0.2) is 29.7 Å². The number of hydrogen-bond acceptors (Lipinski definition) is 7. The highest BCUT2D eigenvalue weighted by atomic mass is 16.7. The molecule has 0 radical (unpaired) electrons. The van der Waals surface area contributed by atoms with E-state index >= 15 is 0 Å². The average Bonchev–Trinajstić information content (AvgIpc) is 2.83. The van der Waals surface area contributed by atoms with Crippen LogP contribution >= 0.6 is 0 Å². The monoisotopic (exact) mass is 434 g/mol. The first-order valence-electron chi connectivity index (χ1n) is 10.3. The molecule has 8 nitrogen and oxygen atoms in total. The summed E-state index contributed by atoms with van der Waals surface area (Å²) in [4.78, 5) is 36.8. The maximum atomic E-state index is 12.5. The van der Waals surface area contributed by atoms with Crippen molar-refractivity contribution in [3.8, 4) is 0 Å². The van der Waals surface area contributed by atoms with Crippen LogP contribution in [0.4, 0.5) is 5.69 Å². The van der Waals surface area contributed by atoms with Crippen LogP contribution in [0.5, 0.6) is 0 Å². The van der Waals surface area contributed by atoms with E-state index in [9.17, 15) is 14.4 Å². The van der Waals surface area contributed by atoms with Gasteiger partial charge in [0.25, 0.3) is 11.7 Å². The van der Waals surface area contributed by atoms with E-state index in [-0.39, 0.29) is 11.9 Å². The molecule has 1 aliphatic heterocycles. The van der Waals surface area contributed by atoms with E-state index in [1.54, 1.807) is 30.3 Å². The number of carbonyl (C=O) groups is 2. The molecular weight excluding hydrogens is 412 g/mol. The number of hydrogen-bond donors (Lipinski definition) is 1. The Morgan fingerprint density at radius 1 is 1.16 bits per heavy atom. The molecule has 164 valence electrons. The van der Waals surface area contributed by atoms with Gasteiger partial charge in [-0.1, -0.05) is 36.0 Å². The summed E-state index contributed by atoms with van der Waals surface area (Å²) in [5.41, 5.74) is 1.25. The predicted molar refractivity (Wildman–Crippen MR) is 118 cm³/mol. The number of nitrogens with zero attached hydrogens (tertiary/aromatic N) is 1. The van der Waals surface area contributed by atoms with Gasteiger partial charge < -0.3 is 19.3 Å². The first-order valence-corrected chi connectivity index (χ1v) is 10.3. The lowest BCUT2D eigenvalue weighted by molar-refractivity contribution is -0.168. The third-order valence-corrected chi connectivity index (χ3v) is 5.19. The molecule has 1 fully saturated rings. The molecule has 0 aliphatic carbocycles. The fourth-order valence-corrected chi connectivity index (χ4v) is 3.45. The van der Waals surface area contributed by atoms with Gasteiger partial charge in [0.1, 0.15) is 5.69 Å². The molecule has 1 unspecified atom stereocenters. The Morgan fingerprint density at radius 2 is 1.97 bits per heavy atom. The maximum Gasteiger partial charge on any atom is 0.366 e. The summed E-state index contributed by atoms with van der Waals surface area (Å²) in [6.45, 7) is 4.72.